The van der Waals surface area contributed by atoms with Crippen LogP contribution in [0.1, 0.15) is 63.2 Å². The summed E-state index contributed by atoms with van der Waals surface area (Å²) >= 11 is 0. The first-order valence-corrected chi connectivity index (χ1v) is 8.18. The average molecular weight is 334 g/mol. The minimum atomic E-state index is -0.851. The minimum Gasteiger partial charge on any atom is -0.481 e. The Hall–Kier alpha value is -2.37. The molecule has 6 nitrogen and oxygen atoms in total. The Balaban J connectivity index is 2.48. The number of nitrogens with one attached hydrogen (secondary N) is 2. The Morgan fingerprint density at radius 1 is 1.04 bits per heavy atom. The van der Waals surface area contributed by atoms with Crippen molar-refractivity contribution in [2.75, 3.05) is 5.32 Å². The van der Waals surface area contributed by atoms with Crippen LogP contribution in [-0.4, -0.2) is 28.4 Å². The van der Waals surface area contributed by atoms with E-state index in [-0.39, 0.29) is 30.2 Å². The fourth-order valence-corrected chi connectivity index (χ4v) is 1.96. The van der Waals surface area contributed by atoms with Gasteiger partial charge in [0.2, 0.25) is 5.91 Å². The van der Waals surface area contributed by atoms with Gasteiger partial charge in [-0.15, -0.1) is 0 Å². The van der Waals surface area contributed by atoms with Crippen molar-refractivity contribution in [2.45, 2.75) is 58.4 Å². The average Bonchev–Trinajstić information content (AvgIpc) is 2.51. The fourth-order valence-electron chi connectivity index (χ4n) is 1.96. The number of unbranched alkanes of at least 4 members (excludes halogenated alkanes) is 1. The topological polar surface area (TPSA) is 95.5 Å². The molecule has 3 N–H and O–H groups in total. The zero-order valence-electron chi connectivity index (χ0n) is 14.5. The number of carboxylic acid groups (broad SMARTS) is 1. The lowest BCUT2D eigenvalue weighted by Crippen LogP contribution is -2.42. The highest BCUT2D eigenvalue weighted by atomic mass is 16.4. The lowest BCUT2D eigenvalue weighted by molar-refractivity contribution is -0.137. The molecule has 1 aromatic rings. The van der Waals surface area contributed by atoms with Gasteiger partial charge in [0.1, 0.15) is 0 Å². The highest BCUT2D eigenvalue weighted by Crippen LogP contribution is 2.13. The highest BCUT2D eigenvalue weighted by molar-refractivity contribution is 5.96. The fraction of sp³-hybridized carbons (Fsp3) is 0.500. The van der Waals surface area contributed by atoms with Gasteiger partial charge in [-0.1, -0.05) is 6.92 Å². The Labute approximate surface area is 142 Å². The highest BCUT2D eigenvalue weighted by Gasteiger charge is 2.18. The largest absolute Gasteiger partial charge is 0.481 e. The van der Waals surface area contributed by atoms with Crippen molar-refractivity contribution in [1.29, 1.82) is 0 Å². The molecule has 0 fully saturated rings. The molecular formula is C18H26N2O4. The Morgan fingerprint density at radius 2 is 1.62 bits per heavy atom. The molecule has 0 aliphatic carbocycles. The second-order valence-corrected chi connectivity index (χ2v) is 6.42. The van der Waals surface area contributed by atoms with E-state index in [4.69, 9.17) is 5.11 Å². The van der Waals surface area contributed by atoms with Crippen LogP contribution in [0.25, 0.3) is 0 Å². The summed E-state index contributed by atoms with van der Waals surface area (Å²) in [5.74, 6) is -1.16. The van der Waals surface area contributed by atoms with Crippen LogP contribution in [-0.2, 0) is 9.59 Å². The van der Waals surface area contributed by atoms with Crippen LogP contribution in [0.5, 0.6) is 0 Å². The van der Waals surface area contributed by atoms with Crippen molar-refractivity contribution in [3.05, 3.63) is 29.8 Å². The maximum absolute atomic E-state index is 12.1. The van der Waals surface area contributed by atoms with Gasteiger partial charge in [-0.3, -0.25) is 14.4 Å². The van der Waals surface area contributed by atoms with E-state index in [0.29, 0.717) is 24.1 Å². The lowest BCUT2D eigenvalue weighted by Gasteiger charge is -2.24. The predicted molar refractivity (Wildman–Crippen MR) is 93.0 cm³/mol. The van der Waals surface area contributed by atoms with Crippen molar-refractivity contribution < 1.29 is 19.5 Å². The van der Waals surface area contributed by atoms with Gasteiger partial charge in [-0.05, 0) is 57.4 Å². The Morgan fingerprint density at radius 3 is 2.17 bits per heavy atom. The summed E-state index contributed by atoms with van der Waals surface area (Å²) in [6, 6.07) is 6.70. The van der Waals surface area contributed by atoms with E-state index in [2.05, 4.69) is 10.6 Å². The number of hydrogen-bond donors (Lipinski definition) is 3. The van der Waals surface area contributed by atoms with Gasteiger partial charge >= 0.3 is 5.97 Å². The Kier molecular flexibility index (Phi) is 7.42. The minimum absolute atomic E-state index is 0.0746. The molecule has 0 aliphatic rings. The van der Waals surface area contributed by atoms with E-state index < -0.39 is 5.97 Å². The van der Waals surface area contributed by atoms with E-state index in [1.807, 2.05) is 20.8 Å². The predicted octanol–water partition coefficient (Wildman–Crippen LogP) is 3.19. The summed E-state index contributed by atoms with van der Waals surface area (Å²) < 4.78 is 0. The van der Waals surface area contributed by atoms with Crippen LogP contribution in [0.3, 0.4) is 0 Å². The summed E-state index contributed by atoms with van der Waals surface area (Å²) in [6.45, 7) is 5.93. The summed E-state index contributed by atoms with van der Waals surface area (Å²) in [4.78, 5) is 34.3. The molecule has 0 aromatic heterocycles. The van der Waals surface area contributed by atoms with Gasteiger partial charge in [0, 0.05) is 29.6 Å². The first-order chi connectivity index (χ1) is 11.2. The van der Waals surface area contributed by atoms with Crippen molar-refractivity contribution in [1.82, 2.24) is 5.32 Å². The molecule has 0 spiro atoms. The quantitative estimate of drug-likeness (QED) is 0.604. The van der Waals surface area contributed by atoms with E-state index >= 15 is 0 Å². The van der Waals surface area contributed by atoms with Crippen molar-refractivity contribution in [2.24, 2.45) is 0 Å². The third-order valence-corrected chi connectivity index (χ3v) is 3.81. The number of anilines is 1. The molecule has 0 saturated carbocycles. The SMILES string of the molecule is CCC(C)(C)NC(=O)c1ccc(NC(=O)CCCCC(=O)O)cc1. The molecular weight excluding hydrogens is 308 g/mol. The molecule has 1 rings (SSSR count). The number of rotatable bonds is 9. The molecule has 0 heterocycles. The number of hydrogen-bond acceptors (Lipinski definition) is 3. The van der Waals surface area contributed by atoms with Gasteiger partial charge < -0.3 is 15.7 Å². The molecule has 0 radical (unpaired) electrons. The van der Waals surface area contributed by atoms with Crippen molar-refractivity contribution >= 4 is 23.5 Å². The molecule has 0 unspecified atom stereocenters. The molecule has 0 atom stereocenters. The molecule has 1 aromatic carbocycles. The molecule has 0 saturated heterocycles. The number of carbonyl (C=O) groups excluding carboxylic acids is 2. The second kappa shape index (κ2) is 9.05. The number of benzene rings is 1. The number of carboxylic acids is 1. The van der Waals surface area contributed by atoms with Gasteiger partial charge in [-0.25, -0.2) is 0 Å². The van der Waals surface area contributed by atoms with E-state index in [0.717, 1.165) is 6.42 Å². The maximum Gasteiger partial charge on any atom is 0.303 e. The third-order valence-electron chi connectivity index (χ3n) is 3.81. The van der Waals surface area contributed by atoms with Gasteiger partial charge in [-0.2, -0.15) is 0 Å². The zero-order valence-corrected chi connectivity index (χ0v) is 14.5. The first-order valence-electron chi connectivity index (χ1n) is 8.18. The molecule has 132 valence electrons. The molecule has 0 aliphatic heterocycles. The maximum atomic E-state index is 12.1. The molecule has 2 amide bonds. The molecule has 6 heteroatoms. The van der Waals surface area contributed by atoms with Crippen LogP contribution in [0, 0.1) is 0 Å². The lowest BCUT2D eigenvalue weighted by atomic mass is 10.0. The van der Waals surface area contributed by atoms with Crippen LogP contribution < -0.4 is 10.6 Å². The summed E-state index contributed by atoms with van der Waals surface area (Å²) in [5.41, 5.74) is 0.889. The third kappa shape index (κ3) is 7.26. The first kappa shape index (κ1) is 19.7. The van der Waals surface area contributed by atoms with E-state index in [9.17, 15) is 14.4 Å². The smallest absolute Gasteiger partial charge is 0.303 e. The standard InChI is InChI=1S/C18H26N2O4/c1-4-18(2,3)20-17(24)13-9-11-14(12-10-13)19-15(21)7-5-6-8-16(22)23/h9-12H,4-8H2,1-3H3,(H,19,21)(H,20,24)(H,22,23). The van der Waals surface area contributed by atoms with Gasteiger partial charge in [0.05, 0.1) is 0 Å². The van der Waals surface area contributed by atoms with Crippen LogP contribution in [0.4, 0.5) is 5.69 Å². The van der Waals surface area contributed by atoms with E-state index in [1.54, 1.807) is 24.3 Å². The summed E-state index contributed by atoms with van der Waals surface area (Å²) in [7, 11) is 0. The van der Waals surface area contributed by atoms with E-state index in [1.165, 1.54) is 0 Å². The van der Waals surface area contributed by atoms with Crippen LogP contribution in [0.15, 0.2) is 24.3 Å². The normalized spacial score (nSPS) is 11.0. The Bertz CT molecular complexity index is 579. The van der Waals surface area contributed by atoms with Gasteiger partial charge in [0.15, 0.2) is 0 Å². The summed E-state index contributed by atoms with van der Waals surface area (Å²) in [5, 5.41) is 14.2. The number of carbonyl (C=O) groups is 3. The monoisotopic (exact) mass is 334 g/mol. The number of aliphatic carboxylic acids is 1. The summed E-state index contributed by atoms with van der Waals surface area (Å²) in [6.07, 6.45) is 2.19. The second-order valence-electron chi connectivity index (χ2n) is 6.42. The molecule has 24 heavy (non-hydrogen) atoms. The van der Waals surface area contributed by atoms with Crippen molar-refractivity contribution in [3.63, 3.8) is 0 Å². The van der Waals surface area contributed by atoms with Crippen LogP contribution in [0.2, 0.25) is 0 Å². The van der Waals surface area contributed by atoms with Crippen LogP contribution >= 0.6 is 0 Å². The molecule has 0 bridgehead atoms. The number of amides is 2. The van der Waals surface area contributed by atoms with Gasteiger partial charge in [0.25, 0.3) is 5.91 Å². The van der Waals surface area contributed by atoms with Crippen molar-refractivity contribution in [3.8, 4) is 0 Å². The zero-order chi connectivity index (χ0) is 18.2.